The van der Waals surface area contributed by atoms with Crippen LogP contribution in [0.5, 0.6) is 0 Å². The van der Waals surface area contributed by atoms with E-state index in [9.17, 15) is 4.79 Å². The summed E-state index contributed by atoms with van der Waals surface area (Å²) >= 11 is 0. The van der Waals surface area contributed by atoms with Crippen LogP contribution in [-0.2, 0) is 0 Å². The van der Waals surface area contributed by atoms with Crippen LogP contribution in [-0.4, -0.2) is 21.3 Å². The van der Waals surface area contributed by atoms with Gasteiger partial charge in [0.25, 0.3) is 0 Å². The van der Waals surface area contributed by atoms with Crippen LogP contribution in [0.25, 0.3) is 0 Å². The highest BCUT2D eigenvalue weighted by Crippen LogP contribution is 2.73. The number of aromatic amines is 1. The van der Waals surface area contributed by atoms with Crippen molar-refractivity contribution in [1.82, 2.24) is 10.2 Å². The molecule has 15 heavy (non-hydrogen) atoms. The first-order chi connectivity index (χ1) is 6.80. The van der Waals surface area contributed by atoms with E-state index in [0.717, 1.165) is 5.69 Å². The van der Waals surface area contributed by atoms with Gasteiger partial charge in [-0.05, 0) is 10.8 Å². The minimum absolute atomic E-state index is 0.129. The molecule has 0 atom stereocenters. The van der Waals surface area contributed by atoms with Crippen LogP contribution in [0.2, 0.25) is 0 Å². The first kappa shape index (κ1) is 10.2. The highest BCUT2D eigenvalue weighted by atomic mass is 16.4. The molecule has 0 aromatic carbocycles. The quantitative estimate of drug-likeness (QED) is 0.783. The molecule has 4 heteroatoms. The standard InChI is InChI=1S/C11H16N2O2/c1-10(2)8(11(10,3)4)7-6(9(14)15)5-12-13-7/h5,8H,1-4H3,(H,12,13)(H,14,15). The molecule has 1 heterocycles. The second-order valence-electron chi connectivity index (χ2n) is 5.38. The van der Waals surface area contributed by atoms with Crippen LogP contribution < -0.4 is 0 Å². The second-order valence-corrected chi connectivity index (χ2v) is 5.38. The highest BCUT2D eigenvalue weighted by molar-refractivity contribution is 5.89. The molecule has 0 radical (unpaired) electrons. The molecule has 0 bridgehead atoms. The Morgan fingerprint density at radius 1 is 1.40 bits per heavy atom. The van der Waals surface area contributed by atoms with E-state index in [4.69, 9.17) is 5.11 Å². The number of rotatable bonds is 2. The van der Waals surface area contributed by atoms with Gasteiger partial charge in [0.2, 0.25) is 0 Å². The fourth-order valence-corrected chi connectivity index (χ4v) is 2.60. The predicted molar refractivity (Wildman–Crippen MR) is 55.9 cm³/mol. The van der Waals surface area contributed by atoms with Gasteiger partial charge in [-0.3, -0.25) is 5.10 Å². The van der Waals surface area contributed by atoms with Gasteiger partial charge in [0.1, 0.15) is 5.56 Å². The Balaban J connectivity index is 2.42. The van der Waals surface area contributed by atoms with E-state index in [1.807, 2.05) is 0 Å². The van der Waals surface area contributed by atoms with Crippen molar-refractivity contribution < 1.29 is 9.90 Å². The van der Waals surface area contributed by atoms with Crippen molar-refractivity contribution in [3.05, 3.63) is 17.5 Å². The molecule has 0 aliphatic heterocycles. The third-order valence-corrected chi connectivity index (χ3v) is 4.21. The summed E-state index contributed by atoms with van der Waals surface area (Å²) < 4.78 is 0. The van der Waals surface area contributed by atoms with Crippen molar-refractivity contribution >= 4 is 5.97 Å². The van der Waals surface area contributed by atoms with Gasteiger partial charge < -0.3 is 5.11 Å². The largest absolute Gasteiger partial charge is 0.478 e. The summed E-state index contributed by atoms with van der Waals surface area (Å²) in [6.45, 7) is 8.63. The van der Waals surface area contributed by atoms with E-state index < -0.39 is 5.97 Å². The van der Waals surface area contributed by atoms with Gasteiger partial charge in [0.15, 0.2) is 0 Å². The molecule has 2 rings (SSSR count). The minimum atomic E-state index is -0.905. The Bertz CT molecular complexity index is 404. The molecular weight excluding hydrogens is 192 g/mol. The fourth-order valence-electron chi connectivity index (χ4n) is 2.60. The van der Waals surface area contributed by atoms with Crippen molar-refractivity contribution in [2.75, 3.05) is 0 Å². The fraction of sp³-hybridized carbons (Fsp3) is 0.636. The summed E-state index contributed by atoms with van der Waals surface area (Å²) in [7, 11) is 0. The lowest BCUT2D eigenvalue weighted by atomic mass is 10.0. The van der Waals surface area contributed by atoms with E-state index >= 15 is 0 Å². The van der Waals surface area contributed by atoms with Crippen molar-refractivity contribution in [3.63, 3.8) is 0 Å². The van der Waals surface area contributed by atoms with Gasteiger partial charge in [-0.2, -0.15) is 5.10 Å². The van der Waals surface area contributed by atoms with Crippen LogP contribution in [0.15, 0.2) is 6.20 Å². The molecule has 1 fully saturated rings. The molecular formula is C11H16N2O2. The molecule has 1 aliphatic rings. The highest BCUT2D eigenvalue weighted by Gasteiger charge is 2.66. The Hall–Kier alpha value is -1.32. The smallest absolute Gasteiger partial charge is 0.339 e. The predicted octanol–water partition coefficient (Wildman–Crippen LogP) is 2.26. The summed E-state index contributed by atoms with van der Waals surface area (Å²) in [5, 5.41) is 15.7. The second kappa shape index (κ2) is 2.62. The van der Waals surface area contributed by atoms with Crippen LogP contribution in [0, 0.1) is 10.8 Å². The number of carbonyl (C=O) groups is 1. The normalized spacial score (nSPS) is 22.7. The monoisotopic (exact) mass is 208 g/mol. The number of aromatic nitrogens is 2. The summed E-state index contributed by atoms with van der Waals surface area (Å²) in [5.41, 5.74) is 1.32. The van der Waals surface area contributed by atoms with Gasteiger partial charge in [-0.1, -0.05) is 27.7 Å². The van der Waals surface area contributed by atoms with E-state index in [2.05, 4.69) is 37.9 Å². The lowest BCUT2D eigenvalue weighted by molar-refractivity contribution is 0.0695. The number of H-pyrrole nitrogens is 1. The number of nitrogens with zero attached hydrogens (tertiary/aromatic N) is 1. The first-order valence-corrected chi connectivity index (χ1v) is 5.06. The van der Waals surface area contributed by atoms with E-state index in [-0.39, 0.29) is 16.7 Å². The van der Waals surface area contributed by atoms with Crippen LogP contribution in [0.3, 0.4) is 0 Å². The molecule has 1 aliphatic carbocycles. The van der Waals surface area contributed by atoms with E-state index in [1.54, 1.807) is 0 Å². The summed E-state index contributed by atoms with van der Waals surface area (Å²) in [6, 6.07) is 0. The zero-order chi connectivity index (χ0) is 11.4. The molecule has 0 spiro atoms. The van der Waals surface area contributed by atoms with Gasteiger partial charge in [-0.15, -0.1) is 0 Å². The molecule has 4 nitrogen and oxygen atoms in total. The van der Waals surface area contributed by atoms with Crippen molar-refractivity contribution in [3.8, 4) is 0 Å². The number of hydrogen-bond acceptors (Lipinski definition) is 2. The number of carboxylic acids is 1. The third kappa shape index (κ3) is 1.14. The van der Waals surface area contributed by atoms with E-state index in [1.165, 1.54) is 6.20 Å². The number of hydrogen-bond donors (Lipinski definition) is 2. The van der Waals surface area contributed by atoms with Crippen molar-refractivity contribution in [2.45, 2.75) is 33.6 Å². The Kier molecular flexibility index (Phi) is 1.78. The number of nitrogens with one attached hydrogen (secondary N) is 1. The van der Waals surface area contributed by atoms with Crippen molar-refractivity contribution in [2.24, 2.45) is 10.8 Å². The molecule has 1 aromatic rings. The zero-order valence-corrected chi connectivity index (χ0v) is 9.46. The molecule has 0 amide bonds. The van der Waals surface area contributed by atoms with Crippen LogP contribution >= 0.6 is 0 Å². The Labute approximate surface area is 88.7 Å². The SMILES string of the molecule is CC1(C)C(c2[nH]ncc2C(=O)O)C1(C)C. The van der Waals surface area contributed by atoms with Crippen LogP contribution in [0.4, 0.5) is 0 Å². The molecule has 1 saturated carbocycles. The first-order valence-electron chi connectivity index (χ1n) is 5.06. The molecule has 0 saturated heterocycles. The lowest BCUT2D eigenvalue weighted by Crippen LogP contribution is -2.01. The lowest BCUT2D eigenvalue weighted by Gasteiger charge is -2.03. The maximum absolute atomic E-state index is 11.0. The maximum Gasteiger partial charge on any atom is 0.339 e. The summed E-state index contributed by atoms with van der Waals surface area (Å²) in [4.78, 5) is 11.0. The third-order valence-electron chi connectivity index (χ3n) is 4.21. The van der Waals surface area contributed by atoms with Gasteiger partial charge in [0.05, 0.1) is 11.9 Å². The molecule has 1 aromatic heterocycles. The van der Waals surface area contributed by atoms with E-state index in [0.29, 0.717) is 5.56 Å². The van der Waals surface area contributed by atoms with Gasteiger partial charge in [-0.25, -0.2) is 4.79 Å². The topological polar surface area (TPSA) is 66.0 Å². The van der Waals surface area contributed by atoms with Gasteiger partial charge >= 0.3 is 5.97 Å². The summed E-state index contributed by atoms with van der Waals surface area (Å²) in [6.07, 6.45) is 1.39. The molecule has 0 unspecified atom stereocenters. The average molecular weight is 208 g/mol. The minimum Gasteiger partial charge on any atom is -0.478 e. The van der Waals surface area contributed by atoms with Gasteiger partial charge in [0, 0.05) is 5.92 Å². The molecule has 2 N–H and O–H groups in total. The summed E-state index contributed by atoms with van der Waals surface area (Å²) in [5.74, 6) is -0.657. The van der Waals surface area contributed by atoms with Crippen LogP contribution in [0.1, 0.15) is 49.7 Å². The Morgan fingerprint density at radius 3 is 2.33 bits per heavy atom. The Morgan fingerprint density at radius 2 is 1.93 bits per heavy atom. The number of carboxylic acid groups (broad SMARTS) is 1. The number of aromatic carboxylic acids is 1. The van der Waals surface area contributed by atoms with Crippen molar-refractivity contribution in [1.29, 1.82) is 0 Å². The molecule has 82 valence electrons. The zero-order valence-electron chi connectivity index (χ0n) is 9.46. The average Bonchev–Trinajstić information content (AvgIpc) is 2.51. The maximum atomic E-state index is 11.0.